The Balaban J connectivity index is 1.38. The van der Waals surface area contributed by atoms with Gasteiger partial charge >= 0.3 is 0 Å². The summed E-state index contributed by atoms with van der Waals surface area (Å²) in [5.74, 6) is -33.6. The van der Waals surface area contributed by atoms with Gasteiger partial charge in [0.2, 0.25) is 40.2 Å². The van der Waals surface area contributed by atoms with Crippen LogP contribution in [0.3, 0.4) is 0 Å². The normalized spacial score (nSPS) is 11.5. The molecule has 2 aromatic heterocycles. The first kappa shape index (κ1) is 45.8. The third-order valence-corrected chi connectivity index (χ3v) is 12.9. The van der Waals surface area contributed by atoms with E-state index in [4.69, 9.17) is 0 Å². The van der Waals surface area contributed by atoms with Crippen LogP contribution in [0.15, 0.2) is 42.5 Å². The molecule has 360 valence electrons. The largest absolute Gasteiger partial charge is 0.508 e. The van der Waals surface area contributed by atoms with E-state index < -0.39 is 188 Å². The number of fused-ring (bicyclic) bond motifs is 3. The summed E-state index contributed by atoms with van der Waals surface area (Å²) >= 11 is 1.20. The van der Waals surface area contributed by atoms with Crippen molar-refractivity contribution in [3.63, 3.8) is 0 Å². The Morgan fingerprint density at radius 1 is 0.282 bits per heavy atom. The maximum atomic E-state index is 12.1. The van der Waals surface area contributed by atoms with Gasteiger partial charge in [-0.05, 0) is 11.5 Å². The van der Waals surface area contributed by atoms with Crippen LogP contribution in [0, 0.1) is 0 Å². The lowest BCUT2D eigenvalue weighted by Crippen LogP contribution is -2.11. The summed E-state index contributed by atoms with van der Waals surface area (Å²) in [6.07, 6.45) is 0. The van der Waals surface area contributed by atoms with Crippen LogP contribution in [0.2, 0.25) is 0 Å². The van der Waals surface area contributed by atoms with Gasteiger partial charge in [0.25, 0.3) is 0 Å². The van der Waals surface area contributed by atoms with Crippen molar-refractivity contribution in [3.05, 3.63) is 42.5 Å². The van der Waals surface area contributed by atoms with E-state index in [-0.39, 0.29) is 5.56 Å². The molecule has 0 saturated carbocycles. The van der Waals surface area contributed by atoms with Crippen LogP contribution in [0.1, 0.15) is 0 Å². The van der Waals surface area contributed by atoms with Crippen molar-refractivity contribution in [2.75, 3.05) is 0 Å². The summed E-state index contributed by atoms with van der Waals surface area (Å²) in [7, 11) is 0.961. The second-order valence-corrected chi connectivity index (χ2v) is 16.6. The van der Waals surface area contributed by atoms with Crippen molar-refractivity contribution < 1.29 is 107 Å². The molecule has 71 heavy (non-hydrogen) atoms. The molecule has 0 aliphatic heterocycles. The van der Waals surface area contributed by atoms with Gasteiger partial charge in [-0.15, -0.1) is 11.3 Å². The maximum Gasteiger partial charge on any atom is 0.208 e. The number of thiophene rings is 1. The minimum absolute atomic E-state index is 0.0486. The van der Waals surface area contributed by atoms with E-state index >= 15 is 0 Å². The van der Waals surface area contributed by atoms with Crippen molar-refractivity contribution >= 4 is 44.8 Å². The predicted molar refractivity (Wildman–Crippen MR) is 248 cm³/mol. The minimum Gasteiger partial charge on any atom is -0.508 e. The molecule has 0 aliphatic carbocycles. The second kappa shape index (κ2) is 15.6. The smallest absolute Gasteiger partial charge is 0.208 e. The monoisotopic (exact) mass is 991 g/mol. The summed E-state index contributed by atoms with van der Waals surface area (Å²) in [4.78, 5) is 12.2. The SMILES string of the molecule is Bc1c(O)c(-c2nc(-c3c(O)c(O)c(-c4c(O)c(O)c(O)c(O)c4O)c(O)c3O)nc(-c3c(O)c(O)c(O)c(-c4cccc5c4sc4ccccc45)c3O)n2)c(O)c(O)c1-c1c(O)c(O)c(O)c(O)c1O. The van der Waals surface area contributed by atoms with Crippen LogP contribution in [0.4, 0.5) is 0 Å². The Morgan fingerprint density at radius 3 is 1.07 bits per heavy atom. The number of phenols is 21. The second-order valence-electron chi connectivity index (χ2n) is 15.5. The van der Waals surface area contributed by atoms with Crippen LogP contribution in [-0.2, 0) is 0 Å². The van der Waals surface area contributed by atoms with Crippen LogP contribution in [0.5, 0.6) is 121 Å². The molecular formula is C45H30BN3O21S. The molecule has 0 unspecified atom stereocenters. The van der Waals surface area contributed by atoms with Crippen molar-refractivity contribution in [1.29, 1.82) is 0 Å². The molecule has 0 amide bonds. The van der Waals surface area contributed by atoms with E-state index in [0.29, 0.717) is 10.1 Å². The highest BCUT2D eigenvalue weighted by molar-refractivity contribution is 7.26. The number of nitrogens with zero attached hydrogens (tertiary/aromatic N) is 3. The third kappa shape index (κ3) is 6.21. The zero-order valence-electron chi connectivity index (χ0n) is 35.2. The average Bonchev–Trinajstić information content (AvgIpc) is 3.74. The first-order chi connectivity index (χ1) is 33.4. The highest BCUT2D eigenvalue weighted by Gasteiger charge is 2.37. The zero-order chi connectivity index (χ0) is 51.7. The Kier molecular flexibility index (Phi) is 10.1. The number of aromatic hydroxyl groups is 21. The summed E-state index contributed by atoms with van der Waals surface area (Å²) in [5, 5.41) is 232. The molecule has 0 bridgehead atoms. The number of hydrogen-bond acceptors (Lipinski definition) is 25. The van der Waals surface area contributed by atoms with Gasteiger partial charge < -0.3 is 107 Å². The quantitative estimate of drug-likeness (QED) is 0.0626. The van der Waals surface area contributed by atoms with E-state index in [2.05, 4.69) is 15.0 Å². The highest BCUT2D eigenvalue weighted by atomic mass is 32.1. The van der Waals surface area contributed by atoms with Gasteiger partial charge in [0, 0.05) is 31.3 Å². The molecule has 26 heteroatoms. The van der Waals surface area contributed by atoms with Gasteiger partial charge in [0.1, 0.15) is 36.0 Å². The van der Waals surface area contributed by atoms with Gasteiger partial charge in [-0.3, -0.25) is 0 Å². The lowest BCUT2D eigenvalue weighted by Gasteiger charge is -2.20. The van der Waals surface area contributed by atoms with Crippen molar-refractivity contribution in [2.24, 2.45) is 0 Å². The lowest BCUT2D eigenvalue weighted by molar-refractivity contribution is 0.329. The Bertz CT molecular complexity index is 3610. The first-order valence-corrected chi connectivity index (χ1v) is 20.6. The lowest BCUT2D eigenvalue weighted by atomic mass is 9.82. The van der Waals surface area contributed by atoms with Gasteiger partial charge in [-0.1, -0.05) is 36.4 Å². The van der Waals surface area contributed by atoms with E-state index in [1.54, 1.807) is 30.3 Å². The standard InChI is InChI=1S/C45H30BN3O21S/c46-20-13(14-27(56)36(65)40(69)37(66)28(14)57)24(53)31(60)18(22(20)51)44-47-43(17-21(50)12(23(52)35(64)34(17)63)10-6-3-5-9-8-4-1-2-7-11(8)71-42(9)10)48-45(49-44)19-32(61)25(54)15(26(55)33(19)62)16-29(58)38(67)41(70)39(68)30(16)59/h1-7,50-70H,46H2. The van der Waals surface area contributed by atoms with E-state index in [9.17, 15) is 107 Å². The molecule has 24 nitrogen and oxygen atoms in total. The predicted octanol–water partition coefficient (Wildman–Crippen LogP) is 4.32. The minimum atomic E-state index is -1.62. The highest BCUT2D eigenvalue weighted by Crippen LogP contribution is 2.64. The summed E-state index contributed by atoms with van der Waals surface area (Å²) in [6, 6.07) is 11.8. The van der Waals surface area contributed by atoms with Crippen molar-refractivity contribution in [1.82, 2.24) is 15.0 Å². The molecule has 7 aromatic carbocycles. The van der Waals surface area contributed by atoms with Crippen LogP contribution in [0.25, 0.3) is 87.7 Å². The topological polar surface area (TPSA) is 464 Å². The molecule has 0 spiro atoms. The van der Waals surface area contributed by atoms with Gasteiger partial charge in [-0.25, -0.2) is 15.0 Å². The van der Waals surface area contributed by atoms with Crippen LogP contribution >= 0.6 is 11.3 Å². The number of rotatable bonds is 6. The summed E-state index contributed by atoms with van der Waals surface area (Å²) in [5.41, 5.74) is -9.20. The van der Waals surface area contributed by atoms with Crippen molar-refractivity contribution in [2.45, 2.75) is 0 Å². The molecule has 0 aliphatic rings. The first-order valence-electron chi connectivity index (χ1n) is 19.8. The Labute approximate surface area is 396 Å². The summed E-state index contributed by atoms with van der Waals surface area (Å²) in [6.45, 7) is 0. The molecule has 2 heterocycles. The number of hydrogen-bond donors (Lipinski definition) is 21. The van der Waals surface area contributed by atoms with E-state index in [1.165, 1.54) is 23.5 Å². The fraction of sp³-hybridized carbons (Fsp3) is 0. The Morgan fingerprint density at radius 2 is 0.592 bits per heavy atom. The molecule has 0 fully saturated rings. The molecule has 9 rings (SSSR count). The molecule has 0 saturated heterocycles. The number of phenolic OH excluding ortho intramolecular Hbond substituents is 21. The molecule has 0 radical (unpaired) electrons. The van der Waals surface area contributed by atoms with E-state index in [1.807, 2.05) is 0 Å². The maximum absolute atomic E-state index is 12.1. The molecule has 21 N–H and O–H groups in total. The third-order valence-electron chi connectivity index (χ3n) is 11.7. The fourth-order valence-corrected chi connectivity index (χ4v) is 9.38. The number of benzene rings is 7. The zero-order valence-corrected chi connectivity index (χ0v) is 36.0. The fourth-order valence-electron chi connectivity index (χ4n) is 8.16. The van der Waals surface area contributed by atoms with Crippen molar-refractivity contribution in [3.8, 4) is 188 Å². The van der Waals surface area contributed by atoms with Crippen LogP contribution < -0.4 is 5.46 Å². The van der Waals surface area contributed by atoms with E-state index in [0.717, 1.165) is 17.9 Å². The number of aromatic nitrogens is 3. The molecule has 0 atom stereocenters. The van der Waals surface area contributed by atoms with Gasteiger partial charge in [-0.2, -0.15) is 0 Å². The molecule has 9 aromatic rings. The van der Waals surface area contributed by atoms with Gasteiger partial charge in [0.05, 0.1) is 22.3 Å². The van der Waals surface area contributed by atoms with Gasteiger partial charge in [0.15, 0.2) is 86.5 Å². The summed E-state index contributed by atoms with van der Waals surface area (Å²) < 4.78 is 1.17. The molecular weight excluding hydrogens is 961 g/mol. The Hall–Kier alpha value is -10.4. The average molecular weight is 992 g/mol. The van der Waals surface area contributed by atoms with Crippen LogP contribution in [-0.4, -0.2) is 130 Å².